The third-order valence-electron chi connectivity index (χ3n) is 2.91. The Bertz CT molecular complexity index is 584. The molecule has 4 nitrogen and oxygen atoms in total. The average Bonchev–Trinajstić information content (AvgIpc) is 2.80. The van der Waals surface area contributed by atoms with E-state index in [1.807, 2.05) is 25.1 Å². The van der Waals surface area contributed by atoms with E-state index < -0.39 is 0 Å². The third-order valence-corrected chi connectivity index (χ3v) is 5.26. The molecule has 0 radical (unpaired) electrons. The van der Waals surface area contributed by atoms with Gasteiger partial charge in [-0.3, -0.25) is 4.79 Å². The molecule has 0 aliphatic carbocycles. The number of carbonyl (C=O) groups is 1. The third kappa shape index (κ3) is 5.40. The second-order valence-corrected chi connectivity index (χ2v) is 6.93. The highest BCUT2D eigenvalue weighted by Crippen LogP contribution is 2.30. The van der Waals surface area contributed by atoms with Crippen molar-refractivity contribution in [2.24, 2.45) is 0 Å². The number of rotatable bonds is 7. The summed E-state index contributed by atoms with van der Waals surface area (Å²) in [6.45, 7) is 2.62. The van der Waals surface area contributed by atoms with Crippen LogP contribution in [0, 0.1) is 6.92 Å². The topological polar surface area (TPSA) is 68.0 Å². The van der Waals surface area contributed by atoms with Gasteiger partial charge in [0, 0.05) is 6.54 Å². The minimum absolute atomic E-state index is 0.0550. The monoisotopic (exact) mass is 321 g/mol. The average molecular weight is 321 g/mol. The standard InChI is InChI=1S/C15H19N3OS2/c1-11-14(21-15(16)18-11)20-10-13(19)17-9-5-8-12-6-3-2-4-7-12/h2-4,6-7H,5,8-10H2,1H3,(H2,16,18)(H,17,19). The van der Waals surface area contributed by atoms with Crippen molar-refractivity contribution < 1.29 is 4.79 Å². The minimum atomic E-state index is 0.0550. The molecule has 0 saturated heterocycles. The van der Waals surface area contributed by atoms with Crippen LogP contribution in [0.4, 0.5) is 5.13 Å². The Hall–Kier alpha value is -1.53. The molecule has 0 atom stereocenters. The number of benzene rings is 1. The summed E-state index contributed by atoms with van der Waals surface area (Å²) in [5, 5.41) is 3.50. The first-order valence-electron chi connectivity index (χ1n) is 6.81. The van der Waals surface area contributed by atoms with Gasteiger partial charge in [-0.2, -0.15) is 0 Å². The van der Waals surface area contributed by atoms with Crippen LogP contribution in [0.25, 0.3) is 0 Å². The molecule has 0 bridgehead atoms. The van der Waals surface area contributed by atoms with E-state index in [0.717, 1.165) is 22.7 Å². The zero-order chi connectivity index (χ0) is 15.1. The second kappa shape index (κ2) is 8.05. The van der Waals surface area contributed by atoms with Crippen LogP contribution in [0.1, 0.15) is 17.7 Å². The van der Waals surface area contributed by atoms with Crippen LogP contribution >= 0.6 is 23.1 Å². The van der Waals surface area contributed by atoms with Gasteiger partial charge in [-0.15, -0.1) is 11.8 Å². The molecule has 0 fully saturated rings. The minimum Gasteiger partial charge on any atom is -0.375 e. The van der Waals surface area contributed by atoms with Crippen LogP contribution in [0.2, 0.25) is 0 Å². The molecule has 0 aliphatic heterocycles. The Kier molecular flexibility index (Phi) is 6.07. The number of hydrogen-bond acceptors (Lipinski definition) is 5. The molecule has 2 rings (SSSR count). The zero-order valence-corrected chi connectivity index (χ0v) is 13.6. The van der Waals surface area contributed by atoms with E-state index in [-0.39, 0.29) is 5.91 Å². The van der Waals surface area contributed by atoms with Gasteiger partial charge in [-0.25, -0.2) is 4.98 Å². The predicted octanol–water partition coefficient (Wildman–Crippen LogP) is 2.87. The normalized spacial score (nSPS) is 10.5. The maximum absolute atomic E-state index is 11.8. The molecule has 6 heteroatoms. The van der Waals surface area contributed by atoms with E-state index in [2.05, 4.69) is 22.4 Å². The van der Waals surface area contributed by atoms with Crippen LogP contribution < -0.4 is 11.1 Å². The second-order valence-electron chi connectivity index (χ2n) is 4.65. The lowest BCUT2D eigenvalue weighted by atomic mass is 10.1. The lowest BCUT2D eigenvalue weighted by Crippen LogP contribution is -2.26. The first-order chi connectivity index (χ1) is 10.1. The fourth-order valence-electron chi connectivity index (χ4n) is 1.88. The van der Waals surface area contributed by atoms with Gasteiger partial charge in [0.1, 0.15) is 0 Å². The van der Waals surface area contributed by atoms with Crippen molar-refractivity contribution in [3.63, 3.8) is 0 Å². The van der Waals surface area contributed by atoms with Crippen LogP contribution in [0.3, 0.4) is 0 Å². The van der Waals surface area contributed by atoms with Gasteiger partial charge in [0.05, 0.1) is 15.7 Å². The van der Waals surface area contributed by atoms with Crippen molar-refractivity contribution in [3.05, 3.63) is 41.6 Å². The van der Waals surface area contributed by atoms with Gasteiger partial charge < -0.3 is 11.1 Å². The summed E-state index contributed by atoms with van der Waals surface area (Å²) in [6, 6.07) is 10.3. The summed E-state index contributed by atoms with van der Waals surface area (Å²) >= 11 is 2.93. The van der Waals surface area contributed by atoms with Gasteiger partial charge in [-0.05, 0) is 25.3 Å². The van der Waals surface area contributed by atoms with Crippen LogP contribution in [0.5, 0.6) is 0 Å². The van der Waals surface area contributed by atoms with Crippen LogP contribution in [0.15, 0.2) is 34.5 Å². The number of hydrogen-bond donors (Lipinski definition) is 2. The van der Waals surface area contributed by atoms with Crippen molar-refractivity contribution in [3.8, 4) is 0 Å². The molecule has 112 valence electrons. The maximum Gasteiger partial charge on any atom is 0.230 e. The largest absolute Gasteiger partial charge is 0.375 e. The molecule has 0 aliphatic rings. The number of nitrogens with two attached hydrogens (primary N) is 1. The lowest BCUT2D eigenvalue weighted by Gasteiger charge is -2.05. The molecule has 1 heterocycles. The quantitative estimate of drug-likeness (QED) is 0.608. The maximum atomic E-state index is 11.8. The number of aryl methyl sites for hydroxylation is 2. The SMILES string of the molecule is Cc1nc(N)sc1SCC(=O)NCCCc1ccccc1. The molecule has 1 aromatic carbocycles. The predicted molar refractivity (Wildman–Crippen MR) is 89.8 cm³/mol. The van der Waals surface area contributed by atoms with Crippen molar-refractivity contribution in [2.45, 2.75) is 24.0 Å². The number of amides is 1. The number of carbonyl (C=O) groups excluding carboxylic acids is 1. The summed E-state index contributed by atoms with van der Waals surface area (Å²) in [5.41, 5.74) is 7.84. The summed E-state index contributed by atoms with van der Waals surface area (Å²) in [5.74, 6) is 0.466. The fourth-order valence-corrected chi connectivity index (χ4v) is 3.74. The van der Waals surface area contributed by atoms with Crippen molar-refractivity contribution in [2.75, 3.05) is 18.0 Å². The van der Waals surface area contributed by atoms with Crippen molar-refractivity contribution >= 4 is 34.1 Å². The smallest absolute Gasteiger partial charge is 0.230 e. The summed E-state index contributed by atoms with van der Waals surface area (Å²) < 4.78 is 1.02. The number of nitrogen functional groups attached to an aromatic ring is 1. The van der Waals surface area contributed by atoms with Gasteiger partial charge in [-0.1, -0.05) is 41.7 Å². The van der Waals surface area contributed by atoms with Crippen LogP contribution in [-0.4, -0.2) is 23.2 Å². The highest BCUT2D eigenvalue weighted by Gasteiger charge is 2.08. The highest BCUT2D eigenvalue weighted by atomic mass is 32.2. The van der Waals surface area contributed by atoms with E-state index >= 15 is 0 Å². The molecule has 3 N–H and O–H groups in total. The number of thiazole rings is 1. The van der Waals surface area contributed by atoms with E-state index in [1.54, 1.807) is 0 Å². The number of thioether (sulfide) groups is 1. The highest BCUT2D eigenvalue weighted by molar-refractivity contribution is 8.01. The Morgan fingerprint density at radius 1 is 1.38 bits per heavy atom. The van der Waals surface area contributed by atoms with Gasteiger partial charge in [0.2, 0.25) is 5.91 Å². The van der Waals surface area contributed by atoms with E-state index in [9.17, 15) is 4.79 Å². The lowest BCUT2D eigenvalue weighted by molar-refractivity contribution is -0.118. The van der Waals surface area contributed by atoms with Gasteiger partial charge >= 0.3 is 0 Å². The fraction of sp³-hybridized carbons (Fsp3) is 0.333. The van der Waals surface area contributed by atoms with Gasteiger partial charge in [0.15, 0.2) is 5.13 Å². The van der Waals surface area contributed by atoms with Crippen LogP contribution in [-0.2, 0) is 11.2 Å². The number of aromatic nitrogens is 1. The van der Waals surface area contributed by atoms with E-state index in [0.29, 0.717) is 17.4 Å². The first kappa shape index (κ1) is 15.9. The molecular weight excluding hydrogens is 302 g/mol. The number of anilines is 1. The molecule has 2 aromatic rings. The van der Waals surface area contributed by atoms with E-state index in [4.69, 9.17) is 5.73 Å². The zero-order valence-electron chi connectivity index (χ0n) is 12.0. The molecule has 0 saturated carbocycles. The Balaban J connectivity index is 1.63. The molecular formula is C15H19N3OS2. The molecule has 0 spiro atoms. The van der Waals surface area contributed by atoms with Gasteiger partial charge in [0.25, 0.3) is 0 Å². The van der Waals surface area contributed by atoms with Crippen molar-refractivity contribution in [1.82, 2.24) is 10.3 Å². The molecule has 0 unspecified atom stereocenters. The number of nitrogens with zero attached hydrogens (tertiary/aromatic N) is 1. The molecule has 21 heavy (non-hydrogen) atoms. The Labute approximate surface area is 133 Å². The van der Waals surface area contributed by atoms with Crippen molar-refractivity contribution in [1.29, 1.82) is 0 Å². The summed E-state index contributed by atoms with van der Waals surface area (Å²) in [7, 11) is 0. The first-order valence-corrected chi connectivity index (χ1v) is 8.61. The molecule has 1 amide bonds. The van der Waals surface area contributed by atoms with E-state index in [1.165, 1.54) is 28.7 Å². The Morgan fingerprint density at radius 2 is 2.14 bits per heavy atom. The number of nitrogens with one attached hydrogen (secondary N) is 1. The Morgan fingerprint density at radius 3 is 2.81 bits per heavy atom. The summed E-state index contributed by atoms with van der Waals surface area (Å²) in [6.07, 6.45) is 1.94. The molecule has 1 aromatic heterocycles. The summed E-state index contributed by atoms with van der Waals surface area (Å²) in [4.78, 5) is 15.9.